The Bertz CT molecular complexity index is 23.6. The Balaban J connectivity index is 0.000000360. The van der Waals surface area contributed by atoms with E-state index >= 15 is 0 Å². The van der Waals surface area contributed by atoms with Crippen molar-refractivity contribution in [1.82, 2.24) is 0 Å². The number of hydrogen-bond donors (Lipinski definition) is 0. The standard InChI is InChI=1S/C5H10S.H2/c1-2-4-6-5-3-1;/h1-5H2;1H. The molecule has 0 amide bonds. The molecule has 0 saturated carbocycles. The first-order valence-electron chi connectivity index (χ1n) is 2.58. The fourth-order valence-corrected chi connectivity index (χ4v) is 1.71. The summed E-state index contributed by atoms with van der Waals surface area (Å²) in [5.74, 6) is 2.83. The molecule has 1 fully saturated rings. The van der Waals surface area contributed by atoms with Gasteiger partial charge in [0.2, 0.25) is 0 Å². The summed E-state index contributed by atoms with van der Waals surface area (Å²) >= 11 is 2.09. The predicted molar refractivity (Wildman–Crippen MR) is 33.3 cm³/mol. The molecule has 0 aromatic carbocycles. The Morgan fingerprint density at radius 1 is 1.00 bits per heavy atom. The van der Waals surface area contributed by atoms with E-state index in [-0.39, 0.29) is 1.43 Å². The molecule has 0 nitrogen and oxygen atoms in total. The first-order chi connectivity index (χ1) is 3.00. The third-order valence-electron chi connectivity index (χ3n) is 1.08. The van der Waals surface area contributed by atoms with Crippen LogP contribution in [0.4, 0.5) is 0 Å². The van der Waals surface area contributed by atoms with Crippen molar-refractivity contribution in [2.75, 3.05) is 11.5 Å². The summed E-state index contributed by atoms with van der Waals surface area (Å²) in [6, 6.07) is 0. The minimum absolute atomic E-state index is 0. The molecule has 1 rings (SSSR count). The van der Waals surface area contributed by atoms with E-state index < -0.39 is 0 Å². The van der Waals surface area contributed by atoms with Crippen LogP contribution >= 0.6 is 11.8 Å². The second-order valence-electron chi connectivity index (χ2n) is 1.67. The first-order valence-corrected chi connectivity index (χ1v) is 3.73. The zero-order valence-electron chi connectivity index (χ0n) is 3.94. The topological polar surface area (TPSA) is 0 Å². The molecular weight excluding hydrogens is 92.1 g/mol. The Kier molecular flexibility index (Phi) is 1.89. The van der Waals surface area contributed by atoms with Gasteiger partial charge in [-0.15, -0.1) is 0 Å². The van der Waals surface area contributed by atoms with Gasteiger partial charge in [-0.05, 0) is 24.3 Å². The molecule has 0 aromatic rings. The lowest BCUT2D eigenvalue weighted by Gasteiger charge is -2.05. The van der Waals surface area contributed by atoms with Gasteiger partial charge in [0, 0.05) is 1.43 Å². The van der Waals surface area contributed by atoms with Crippen molar-refractivity contribution in [2.24, 2.45) is 0 Å². The molecule has 1 heteroatoms. The van der Waals surface area contributed by atoms with Gasteiger partial charge in [0.15, 0.2) is 0 Å². The monoisotopic (exact) mass is 104 g/mol. The smallest absolute Gasteiger partial charge is 0 e. The molecule has 0 spiro atoms. The molecule has 1 saturated heterocycles. The van der Waals surface area contributed by atoms with Crippen molar-refractivity contribution < 1.29 is 1.43 Å². The summed E-state index contributed by atoms with van der Waals surface area (Å²) in [5, 5.41) is 0. The number of hydrogen-bond acceptors (Lipinski definition) is 1. The van der Waals surface area contributed by atoms with E-state index in [1.165, 1.54) is 30.8 Å². The van der Waals surface area contributed by atoms with Crippen molar-refractivity contribution in [3.8, 4) is 0 Å². The minimum atomic E-state index is 0. The van der Waals surface area contributed by atoms with Gasteiger partial charge in [-0.1, -0.05) is 6.42 Å². The van der Waals surface area contributed by atoms with E-state index in [1.54, 1.807) is 0 Å². The Morgan fingerprint density at radius 3 is 1.83 bits per heavy atom. The normalized spacial score (nSPS) is 24.0. The highest BCUT2D eigenvalue weighted by atomic mass is 32.2. The maximum absolute atomic E-state index is 2.09. The van der Waals surface area contributed by atoms with Gasteiger partial charge in [-0.25, -0.2) is 0 Å². The lowest BCUT2D eigenvalue weighted by atomic mass is 10.3. The van der Waals surface area contributed by atoms with Crippen molar-refractivity contribution in [2.45, 2.75) is 19.3 Å². The SMILES string of the molecule is C1CCSCC1.[HH]. The van der Waals surface area contributed by atoms with E-state index in [9.17, 15) is 0 Å². The Hall–Kier alpha value is 0.350. The molecule has 0 N–H and O–H groups in total. The van der Waals surface area contributed by atoms with E-state index in [2.05, 4.69) is 11.8 Å². The zero-order valence-corrected chi connectivity index (χ0v) is 4.76. The molecule has 38 valence electrons. The summed E-state index contributed by atoms with van der Waals surface area (Å²) in [4.78, 5) is 0. The zero-order chi connectivity index (χ0) is 4.24. The van der Waals surface area contributed by atoms with Gasteiger partial charge in [0.1, 0.15) is 0 Å². The van der Waals surface area contributed by atoms with Gasteiger partial charge >= 0.3 is 0 Å². The third-order valence-corrected chi connectivity index (χ3v) is 2.23. The molecule has 6 heavy (non-hydrogen) atoms. The van der Waals surface area contributed by atoms with Crippen molar-refractivity contribution in [3.63, 3.8) is 0 Å². The summed E-state index contributed by atoms with van der Waals surface area (Å²) in [7, 11) is 0. The predicted octanol–water partition coefficient (Wildman–Crippen LogP) is 2.15. The molecular formula is C5H12S. The third kappa shape index (κ3) is 1.21. The second-order valence-corrected chi connectivity index (χ2v) is 2.90. The quantitative estimate of drug-likeness (QED) is 0.454. The molecule has 0 unspecified atom stereocenters. The minimum Gasteiger partial charge on any atom is -0.162 e. The molecule has 1 aliphatic rings. The van der Waals surface area contributed by atoms with E-state index in [1.807, 2.05) is 0 Å². The van der Waals surface area contributed by atoms with Crippen LogP contribution in [0.1, 0.15) is 20.7 Å². The van der Waals surface area contributed by atoms with Crippen molar-refractivity contribution in [3.05, 3.63) is 0 Å². The van der Waals surface area contributed by atoms with Crippen LogP contribution < -0.4 is 0 Å². The van der Waals surface area contributed by atoms with Crippen LogP contribution in [0.3, 0.4) is 0 Å². The maximum Gasteiger partial charge on any atom is 0 e. The second kappa shape index (κ2) is 2.51. The van der Waals surface area contributed by atoms with Crippen LogP contribution in [0.15, 0.2) is 0 Å². The molecule has 0 aliphatic carbocycles. The van der Waals surface area contributed by atoms with E-state index in [4.69, 9.17) is 0 Å². The lowest BCUT2D eigenvalue weighted by molar-refractivity contribution is 0.764. The van der Waals surface area contributed by atoms with Gasteiger partial charge in [0.05, 0.1) is 0 Å². The van der Waals surface area contributed by atoms with Gasteiger partial charge in [-0.2, -0.15) is 11.8 Å². The molecule has 1 heterocycles. The highest BCUT2D eigenvalue weighted by molar-refractivity contribution is 7.99. The van der Waals surface area contributed by atoms with Crippen LogP contribution in [0, 0.1) is 0 Å². The van der Waals surface area contributed by atoms with Gasteiger partial charge in [0.25, 0.3) is 0 Å². The average molecular weight is 104 g/mol. The van der Waals surface area contributed by atoms with Crippen LogP contribution in [-0.4, -0.2) is 11.5 Å². The average Bonchev–Trinajstić information content (AvgIpc) is 1.72. The first kappa shape index (κ1) is 4.51. The Morgan fingerprint density at radius 2 is 1.67 bits per heavy atom. The van der Waals surface area contributed by atoms with Crippen molar-refractivity contribution in [1.29, 1.82) is 0 Å². The highest BCUT2D eigenvalue weighted by Gasteiger charge is 1.95. The summed E-state index contributed by atoms with van der Waals surface area (Å²) in [5.41, 5.74) is 0. The molecule has 0 aromatic heterocycles. The van der Waals surface area contributed by atoms with Gasteiger partial charge < -0.3 is 0 Å². The van der Waals surface area contributed by atoms with Crippen molar-refractivity contribution >= 4 is 11.8 Å². The van der Waals surface area contributed by atoms with E-state index in [0.717, 1.165) is 0 Å². The maximum atomic E-state index is 2.09. The molecule has 0 atom stereocenters. The molecule has 0 radical (unpaired) electrons. The fourth-order valence-electron chi connectivity index (χ4n) is 0.687. The molecule has 1 aliphatic heterocycles. The number of thioether (sulfide) groups is 1. The number of rotatable bonds is 0. The summed E-state index contributed by atoms with van der Waals surface area (Å²) in [6.45, 7) is 0. The Labute approximate surface area is 44.8 Å². The van der Waals surface area contributed by atoms with Crippen LogP contribution in [0.5, 0.6) is 0 Å². The lowest BCUT2D eigenvalue weighted by Crippen LogP contribution is -1.91. The largest absolute Gasteiger partial charge is 0.162 e. The van der Waals surface area contributed by atoms with Gasteiger partial charge in [-0.3, -0.25) is 0 Å². The van der Waals surface area contributed by atoms with E-state index in [0.29, 0.717) is 0 Å². The van der Waals surface area contributed by atoms with Crippen LogP contribution in [-0.2, 0) is 0 Å². The summed E-state index contributed by atoms with van der Waals surface area (Å²) < 4.78 is 0. The van der Waals surface area contributed by atoms with Crippen LogP contribution in [0.2, 0.25) is 0 Å². The molecule has 0 bridgehead atoms. The summed E-state index contributed by atoms with van der Waals surface area (Å²) in [6.07, 6.45) is 4.41. The fraction of sp³-hybridized carbons (Fsp3) is 1.00. The van der Waals surface area contributed by atoms with Crippen LogP contribution in [0.25, 0.3) is 0 Å². The highest BCUT2D eigenvalue weighted by Crippen LogP contribution is 2.14.